The number of rotatable bonds is 11. The first-order valence-corrected chi connectivity index (χ1v) is 11.2. The molecule has 162 valence electrons. The van der Waals surface area contributed by atoms with E-state index in [1.165, 1.54) is 89.4 Å². The third-order valence-corrected chi connectivity index (χ3v) is 6.38. The Labute approximate surface area is 177 Å². The number of hydrogen-bond acceptors (Lipinski definition) is 2. The average molecular weight is 413 g/mol. The molecule has 2 aliphatic heterocycles. The molecule has 1 saturated heterocycles. The number of hydrogen-bond donors (Lipinski definition) is 0. The number of nitrogens with zero attached hydrogens (tertiary/aromatic N) is 2. The lowest BCUT2D eigenvalue weighted by Gasteiger charge is -2.42. The van der Waals surface area contributed by atoms with Crippen molar-refractivity contribution in [2.45, 2.75) is 90.0 Å². The molecule has 28 heavy (non-hydrogen) atoms. The van der Waals surface area contributed by atoms with Gasteiger partial charge >= 0.3 is 0 Å². The van der Waals surface area contributed by atoms with E-state index < -0.39 is 0 Å². The third-order valence-electron chi connectivity index (χ3n) is 6.38. The fraction of sp³-hybridized carbons (Fsp3) is 0.783. The van der Waals surface area contributed by atoms with E-state index in [2.05, 4.69) is 17.9 Å². The minimum atomic E-state index is 0. The highest BCUT2D eigenvalue weighted by atomic mass is 35.5. The van der Waals surface area contributed by atoms with Crippen LogP contribution in [0.15, 0.2) is 23.0 Å². The molecule has 2 bridgehead atoms. The van der Waals surface area contributed by atoms with E-state index in [1.807, 2.05) is 10.6 Å². The molecule has 1 aromatic rings. The van der Waals surface area contributed by atoms with Crippen LogP contribution < -0.4 is 5.56 Å². The van der Waals surface area contributed by atoms with Gasteiger partial charge in [-0.1, -0.05) is 70.8 Å². The molecule has 0 aliphatic carbocycles. The molecule has 0 saturated carbocycles. The number of unbranched alkanes of at least 4 members (excludes halogenated alkanes) is 9. The van der Waals surface area contributed by atoms with Crippen LogP contribution in [0.3, 0.4) is 0 Å². The van der Waals surface area contributed by atoms with Crippen molar-refractivity contribution in [3.63, 3.8) is 0 Å². The summed E-state index contributed by atoms with van der Waals surface area (Å²) in [5.41, 5.74) is 1.47. The number of halogens is 1. The summed E-state index contributed by atoms with van der Waals surface area (Å²) >= 11 is 0. The van der Waals surface area contributed by atoms with Gasteiger partial charge in [-0.2, -0.15) is 0 Å². The molecule has 2 aliphatic rings. The Balaban J connectivity index is 0.00000196. The number of fused-ring (bicyclic) bond motifs is 4. The second kappa shape index (κ2) is 13.4. The fourth-order valence-corrected chi connectivity index (χ4v) is 5.00. The van der Waals surface area contributed by atoms with Gasteiger partial charge in [-0.3, -0.25) is 4.79 Å². The SMILES string of the molecule is CCCCCCCCCCCCN1C[C@@H]2C[C@H](C1)c1cccc(=O)n1C2.Cl.O. The van der Waals surface area contributed by atoms with Crippen LogP contribution >= 0.6 is 12.4 Å². The monoisotopic (exact) mass is 412 g/mol. The highest BCUT2D eigenvalue weighted by Crippen LogP contribution is 2.34. The van der Waals surface area contributed by atoms with Crippen LogP contribution in [0.25, 0.3) is 0 Å². The highest BCUT2D eigenvalue weighted by Gasteiger charge is 2.33. The molecule has 3 heterocycles. The maximum atomic E-state index is 12.1. The van der Waals surface area contributed by atoms with Gasteiger partial charge in [0.05, 0.1) is 0 Å². The standard InChI is InChI=1S/C23H38N2O.ClH.H2O/c1-2-3-4-5-6-7-8-9-10-11-15-24-17-20-16-21(19-24)22-13-12-14-23(26)25(22)18-20;;/h12-14,20-21H,2-11,15-19H2,1H3;1H;1H2/t20-,21+;;/m0../s1. The van der Waals surface area contributed by atoms with Gasteiger partial charge in [0.2, 0.25) is 0 Å². The quantitative estimate of drug-likeness (QED) is 0.491. The molecule has 2 N–H and O–H groups in total. The summed E-state index contributed by atoms with van der Waals surface area (Å²) in [5.74, 6) is 1.24. The van der Waals surface area contributed by atoms with E-state index in [-0.39, 0.29) is 23.4 Å². The zero-order valence-corrected chi connectivity index (χ0v) is 18.5. The van der Waals surface area contributed by atoms with Crippen molar-refractivity contribution in [3.8, 4) is 0 Å². The minimum Gasteiger partial charge on any atom is -0.412 e. The third kappa shape index (κ3) is 7.20. The van der Waals surface area contributed by atoms with E-state index in [1.54, 1.807) is 6.07 Å². The summed E-state index contributed by atoms with van der Waals surface area (Å²) in [6.45, 7) is 6.81. The molecular formula is C23H41ClN2O2. The van der Waals surface area contributed by atoms with Crippen molar-refractivity contribution < 1.29 is 5.48 Å². The van der Waals surface area contributed by atoms with Crippen molar-refractivity contribution in [1.29, 1.82) is 0 Å². The van der Waals surface area contributed by atoms with Crippen LogP contribution in [0.2, 0.25) is 0 Å². The smallest absolute Gasteiger partial charge is 0.250 e. The molecule has 3 rings (SSSR count). The van der Waals surface area contributed by atoms with Gasteiger partial charge in [0.15, 0.2) is 0 Å². The Hall–Kier alpha value is -0.840. The summed E-state index contributed by atoms with van der Waals surface area (Å²) < 4.78 is 2.04. The minimum absolute atomic E-state index is 0. The van der Waals surface area contributed by atoms with E-state index in [4.69, 9.17) is 0 Å². The molecule has 4 nitrogen and oxygen atoms in total. The Morgan fingerprint density at radius 2 is 1.54 bits per heavy atom. The van der Waals surface area contributed by atoms with Crippen LogP contribution in [0.1, 0.15) is 89.2 Å². The zero-order chi connectivity index (χ0) is 18.2. The molecule has 0 unspecified atom stereocenters. The first-order valence-electron chi connectivity index (χ1n) is 11.2. The van der Waals surface area contributed by atoms with Crippen molar-refractivity contribution in [2.24, 2.45) is 5.92 Å². The summed E-state index contributed by atoms with van der Waals surface area (Å²) in [7, 11) is 0. The lowest BCUT2D eigenvalue weighted by molar-refractivity contribution is 0.118. The number of likely N-dealkylation sites (tertiary alicyclic amines) is 1. The maximum Gasteiger partial charge on any atom is 0.250 e. The summed E-state index contributed by atoms with van der Waals surface area (Å²) in [6.07, 6.45) is 15.3. The van der Waals surface area contributed by atoms with Gasteiger partial charge < -0.3 is 14.9 Å². The van der Waals surface area contributed by atoms with Crippen LogP contribution in [-0.2, 0) is 6.54 Å². The molecule has 2 atom stereocenters. The van der Waals surface area contributed by atoms with Gasteiger partial charge in [-0.05, 0) is 31.4 Å². The lowest BCUT2D eigenvalue weighted by Crippen LogP contribution is -2.47. The van der Waals surface area contributed by atoms with E-state index in [0.29, 0.717) is 11.8 Å². The van der Waals surface area contributed by atoms with E-state index in [9.17, 15) is 4.79 Å². The lowest BCUT2D eigenvalue weighted by atomic mass is 9.83. The molecule has 0 aromatic carbocycles. The topological polar surface area (TPSA) is 56.7 Å². The Bertz CT molecular complexity index is 605. The van der Waals surface area contributed by atoms with Gasteiger partial charge in [-0.15, -0.1) is 12.4 Å². The largest absolute Gasteiger partial charge is 0.412 e. The van der Waals surface area contributed by atoms with Crippen molar-refractivity contribution in [3.05, 3.63) is 34.2 Å². The molecule has 0 spiro atoms. The van der Waals surface area contributed by atoms with E-state index >= 15 is 0 Å². The Morgan fingerprint density at radius 3 is 2.21 bits per heavy atom. The van der Waals surface area contributed by atoms with Crippen molar-refractivity contribution in [1.82, 2.24) is 9.47 Å². The van der Waals surface area contributed by atoms with Gasteiger partial charge in [0.1, 0.15) is 0 Å². The van der Waals surface area contributed by atoms with Gasteiger partial charge in [0, 0.05) is 37.3 Å². The second-order valence-corrected chi connectivity index (χ2v) is 8.64. The predicted molar refractivity (Wildman–Crippen MR) is 121 cm³/mol. The van der Waals surface area contributed by atoms with Crippen LogP contribution in [0.5, 0.6) is 0 Å². The molecule has 5 heteroatoms. The normalized spacial score (nSPS) is 20.8. The maximum absolute atomic E-state index is 12.1. The number of aromatic nitrogens is 1. The average Bonchev–Trinajstić information content (AvgIpc) is 2.64. The summed E-state index contributed by atoms with van der Waals surface area (Å²) in [4.78, 5) is 14.8. The number of piperidine rings is 1. The zero-order valence-electron chi connectivity index (χ0n) is 17.7. The van der Waals surface area contributed by atoms with Gasteiger partial charge in [-0.25, -0.2) is 0 Å². The fourth-order valence-electron chi connectivity index (χ4n) is 5.00. The summed E-state index contributed by atoms with van der Waals surface area (Å²) in [6, 6.07) is 5.83. The first kappa shape index (κ1) is 25.2. The molecular weight excluding hydrogens is 372 g/mol. The summed E-state index contributed by atoms with van der Waals surface area (Å²) in [5, 5.41) is 0. The molecule has 0 amide bonds. The Morgan fingerprint density at radius 1 is 0.893 bits per heavy atom. The predicted octanol–water partition coefficient (Wildman–Crippen LogP) is 4.79. The molecule has 0 radical (unpaired) electrons. The van der Waals surface area contributed by atoms with Crippen LogP contribution in [-0.4, -0.2) is 34.6 Å². The van der Waals surface area contributed by atoms with Crippen molar-refractivity contribution in [2.75, 3.05) is 19.6 Å². The number of pyridine rings is 1. The van der Waals surface area contributed by atoms with Crippen LogP contribution in [0.4, 0.5) is 0 Å². The highest BCUT2D eigenvalue weighted by molar-refractivity contribution is 5.85. The Kier molecular flexibility index (Phi) is 12.1. The van der Waals surface area contributed by atoms with Gasteiger partial charge in [0.25, 0.3) is 5.56 Å². The first-order chi connectivity index (χ1) is 12.8. The molecule has 1 aromatic heterocycles. The second-order valence-electron chi connectivity index (χ2n) is 8.64. The van der Waals surface area contributed by atoms with Crippen LogP contribution in [0, 0.1) is 5.92 Å². The van der Waals surface area contributed by atoms with E-state index in [0.717, 1.165) is 13.1 Å². The molecule has 1 fully saturated rings. The van der Waals surface area contributed by atoms with Crippen molar-refractivity contribution >= 4 is 12.4 Å².